The van der Waals surface area contributed by atoms with Crippen molar-refractivity contribution in [3.63, 3.8) is 0 Å². The normalized spacial score (nSPS) is 14.8. The number of ether oxygens (including phenoxy) is 3. The van der Waals surface area contributed by atoms with Gasteiger partial charge in [-0.1, -0.05) is 0 Å². The number of fused-ring (bicyclic) bond motifs is 1. The number of aryl methyl sites for hydroxylation is 2. The van der Waals surface area contributed by atoms with Crippen LogP contribution in [0.2, 0.25) is 0 Å². The number of nitro groups is 1. The van der Waals surface area contributed by atoms with Crippen molar-refractivity contribution in [2.45, 2.75) is 20.4 Å². The summed E-state index contributed by atoms with van der Waals surface area (Å²) in [6.45, 7) is 7.55. The van der Waals surface area contributed by atoms with Gasteiger partial charge in [0.15, 0.2) is 0 Å². The van der Waals surface area contributed by atoms with E-state index in [1.807, 2.05) is 13.8 Å². The second-order valence-electron chi connectivity index (χ2n) is 6.99. The summed E-state index contributed by atoms with van der Waals surface area (Å²) in [6.07, 6.45) is 0. The number of hydrogen-bond acceptors (Lipinski definition) is 9. The van der Waals surface area contributed by atoms with Crippen molar-refractivity contribution in [2.75, 3.05) is 33.4 Å². The lowest BCUT2D eigenvalue weighted by atomic mass is 10.2. The minimum atomic E-state index is -0.489. The number of morpholine rings is 1. The molecule has 0 unspecified atom stereocenters. The number of nitro benzene ring substituents is 1. The quantitative estimate of drug-likeness (QED) is 0.429. The van der Waals surface area contributed by atoms with Crippen LogP contribution in [0.25, 0.3) is 10.2 Å². The SMILES string of the molecule is COc1ccc(Oc2nc(CN3CCOCC3)nc3sc(C)c(C)c23)c([N+](=O)[O-])c1. The molecule has 3 aromatic rings. The standard InChI is InChI=1S/C20H22N4O5S/c1-12-13(2)30-20-18(12)19(21-17(22-20)11-23-6-8-28-9-7-23)29-16-5-4-14(27-3)10-15(16)24(25)26/h4-5,10H,6-9,11H2,1-3H3. The highest BCUT2D eigenvalue weighted by molar-refractivity contribution is 7.18. The van der Waals surface area contributed by atoms with Crippen LogP contribution in [0.15, 0.2) is 18.2 Å². The summed E-state index contributed by atoms with van der Waals surface area (Å²) in [5, 5.41) is 12.4. The first-order valence-corrected chi connectivity index (χ1v) is 10.3. The molecule has 1 aliphatic rings. The molecule has 0 bridgehead atoms. The molecule has 0 N–H and O–H groups in total. The van der Waals surface area contributed by atoms with Gasteiger partial charge in [0.1, 0.15) is 16.4 Å². The van der Waals surface area contributed by atoms with E-state index in [4.69, 9.17) is 19.2 Å². The molecule has 30 heavy (non-hydrogen) atoms. The van der Waals surface area contributed by atoms with Gasteiger partial charge < -0.3 is 14.2 Å². The predicted octanol–water partition coefficient (Wildman–Crippen LogP) is 3.85. The topological polar surface area (TPSA) is 99.9 Å². The molecule has 0 aliphatic carbocycles. The average Bonchev–Trinajstić information content (AvgIpc) is 3.02. The Morgan fingerprint density at radius 2 is 2.03 bits per heavy atom. The monoisotopic (exact) mass is 430 g/mol. The van der Waals surface area contributed by atoms with Gasteiger partial charge in [-0.05, 0) is 31.5 Å². The van der Waals surface area contributed by atoms with E-state index in [0.29, 0.717) is 37.2 Å². The molecule has 0 saturated carbocycles. The minimum absolute atomic E-state index is 0.112. The number of nitrogens with zero attached hydrogens (tertiary/aromatic N) is 4. The van der Waals surface area contributed by atoms with Gasteiger partial charge in [-0.15, -0.1) is 11.3 Å². The van der Waals surface area contributed by atoms with E-state index in [9.17, 15) is 10.1 Å². The van der Waals surface area contributed by atoms with E-state index < -0.39 is 4.92 Å². The van der Waals surface area contributed by atoms with Gasteiger partial charge in [0, 0.05) is 18.0 Å². The van der Waals surface area contributed by atoms with Crippen LogP contribution in [0.3, 0.4) is 0 Å². The number of aromatic nitrogens is 2. The first kappa shape index (κ1) is 20.5. The molecule has 9 nitrogen and oxygen atoms in total. The molecule has 2 aromatic heterocycles. The molecule has 0 atom stereocenters. The zero-order valence-electron chi connectivity index (χ0n) is 17.0. The number of rotatable bonds is 6. The lowest BCUT2D eigenvalue weighted by Gasteiger charge is -2.25. The Balaban J connectivity index is 1.76. The van der Waals surface area contributed by atoms with Gasteiger partial charge >= 0.3 is 5.69 Å². The average molecular weight is 430 g/mol. The Morgan fingerprint density at radius 1 is 1.27 bits per heavy atom. The van der Waals surface area contributed by atoms with Crippen molar-refractivity contribution >= 4 is 27.2 Å². The second kappa shape index (κ2) is 8.50. The van der Waals surface area contributed by atoms with E-state index >= 15 is 0 Å². The third-order valence-electron chi connectivity index (χ3n) is 5.08. The number of benzene rings is 1. The molecule has 10 heteroatoms. The molecule has 1 aromatic carbocycles. The minimum Gasteiger partial charge on any atom is -0.496 e. The number of hydrogen-bond donors (Lipinski definition) is 0. The highest BCUT2D eigenvalue weighted by Crippen LogP contribution is 2.39. The van der Waals surface area contributed by atoms with E-state index in [1.54, 1.807) is 17.4 Å². The lowest BCUT2D eigenvalue weighted by molar-refractivity contribution is -0.385. The van der Waals surface area contributed by atoms with Crippen LogP contribution in [-0.4, -0.2) is 53.2 Å². The summed E-state index contributed by atoms with van der Waals surface area (Å²) in [6, 6.07) is 4.50. The van der Waals surface area contributed by atoms with Crippen LogP contribution < -0.4 is 9.47 Å². The molecule has 0 amide bonds. The highest BCUT2D eigenvalue weighted by Gasteiger charge is 2.22. The van der Waals surface area contributed by atoms with E-state index in [0.717, 1.165) is 33.7 Å². The first-order chi connectivity index (χ1) is 14.5. The summed E-state index contributed by atoms with van der Waals surface area (Å²) in [5.74, 6) is 1.45. The van der Waals surface area contributed by atoms with Gasteiger partial charge in [0.2, 0.25) is 11.6 Å². The van der Waals surface area contributed by atoms with Crippen LogP contribution in [-0.2, 0) is 11.3 Å². The summed E-state index contributed by atoms with van der Waals surface area (Å²) < 4.78 is 16.5. The fourth-order valence-corrected chi connectivity index (χ4v) is 4.35. The van der Waals surface area contributed by atoms with Crippen molar-refractivity contribution in [1.82, 2.24) is 14.9 Å². The molecular weight excluding hydrogens is 408 g/mol. The predicted molar refractivity (Wildman–Crippen MR) is 113 cm³/mol. The maximum absolute atomic E-state index is 11.6. The zero-order valence-corrected chi connectivity index (χ0v) is 17.8. The third kappa shape index (κ3) is 4.07. The van der Waals surface area contributed by atoms with Crippen LogP contribution in [0.4, 0.5) is 5.69 Å². The number of thiophene rings is 1. The fraction of sp³-hybridized carbons (Fsp3) is 0.400. The molecule has 158 valence electrons. The van der Waals surface area contributed by atoms with E-state index in [2.05, 4.69) is 9.88 Å². The van der Waals surface area contributed by atoms with Crippen LogP contribution in [0, 0.1) is 24.0 Å². The Bertz CT molecular complexity index is 1090. The molecule has 1 saturated heterocycles. The Hall–Kier alpha value is -2.82. The summed E-state index contributed by atoms with van der Waals surface area (Å²) >= 11 is 1.57. The van der Waals surface area contributed by atoms with Crippen molar-refractivity contribution in [3.05, 3.63) is 44.6 Å². The van der Waals surface area contributed by atoms with E-state index in [-0.39, 0.29) is 11.4 Å². The van der Waals surface area contributed by atoms with Gasteiger partial charge in [-0.3, -0.25) is 15.0 Å². The summed E-state index contributed by atoms with van der Waals surface area (Å²) in [4.78, 5) is 24.6. The lowest BCUT2D eigenvalue weighted by Crippen LogP contribution is -2.36. The van der Waals surface area contributed by atoms with Gasteiger partial charge in [-0.2, -0.15) is 4.98 Å². The molecule has 0 spiro atoms. The fourth-order valence-electron chi connectivity index (χ4n) is 3.32. The molecule has 0 radical (unpaired) electrons. The highest BCUT2D eigenvalue weighted by atomic mass is 32.1. The van der Waals surface area contributed by atoms with Gasteiger partial charge in [0.05, 0.1) is 43.2 Å². The van der Waals surface area contributed by atoms with Crippen molar-refractivity contribution in [3.8, 4) is 17.4 Å². The van der Waals surface area contributed by atoms with Gasteiger partial charge in [-0.25, -0.2) is 4.98 Å². The van der Waals surface area contributed by atoms with Crippen molar-refractivity contribution in [1.29, 1.82) is 0 Å². The number of methoxy groups -OCH3 is 1. The largest absolute Gasteiger partial charge is 0.496 e. The smallest absolute Gasteiger partial charge is 0.315 e. The van der Waals surface area contributed by atoms with Crippen LogP contribution in [0.5, 0.6) is 17.4 Å². The molecule has 1 fully saturated rings. The second-order valence-corrected chi connectivity index (χ2v) is 8.19. The summed E-state index contributed by atoms with van der Waals surface area (Å²) in [7, 11) is 1.46. The Morgan fingerprint density at radius 3 is 2.73 bits per heavy atom. The van der Waals surface area contributed by atoms with Crippen molar-refractivity contribution in [2.24, 2.45) is 0 Å². The third-order valence-corrected chi connectivity index (χ3v) is 6.18. The first-order valence-electron chi connectivity index (χ1n) is 9.53. The van der Waals surface area contributed by atoms with Crippen LogP contribution in [0.1, 0.15) is 16.3 Å². The van der Waals surface area contributed by atoms with Crippen molar-refractivity contribution < 1.29 is 19.1 Å². The molecule has 1 aliphatic heterocycles. The molecular formula is C20H22N4O5S. The zero-order chi connectivity index (χ0) is 21.3. The van der Waals surface area contributed by atoms with Crippen LogP contribution >= 0.6 is 11.3 Å². The molecule has 3 heterocycles. The maximum Gasteiger partial charge on any atom is 0.315 e. The Labute approximate surface area is 177 Å². The Kier molecular flexibility index (Phi) is 5.80. The maximum atomic E-state index is 11.6. The summed E-state index contributed by atoms with van der Waals surface area (Å²) in [5.41, 5.74) is 0.833. The van der Waals surface area contributed by atoms with Gasteiger partial charge in [0.25, 0.3) is 0 Å². The van der Waals surface area contributed by atoms with E-state index in [1.165, 1.54) is 19.2 Å². The molecule has 4 rings (SSSR count).